The van der Waals surface area contributed by atoms with Crippen LogP contribution in [-0.2, 0) is 6.42 Å². The van der Waals surface area contributed by atoms with Crippen LogP contribution in [0.5, 0.6) is 0 Å². The molecule has 0 saturated heterocycles. The van der Waals surface area contributed by atoms with Crippen molar-refractivity contribution >= 4 is 16.9 Å². The Morgan fingerprint density at radius 1 is 1.33 bits per heavy atom. The van der Waals surface area contributed by atoms with Gasteiger partial charge in [0.1, 0.15) is 5.69 Å². The highest BCUT2D eigenvalue weighted by atomic mass is 16.3. The van der Waals surface area contributed by atoms with E-state index in [0.717, 1.165) is 24.9 Å². The van der Waals surface area contributed by atoms with E-state index in [1.54, 1.807) is 0 Å². The van der Waals surface area contributed by atoms with Gasteiger partial charge < -0.3 is 4.90 Å². The van der Waals surface area contributed by atoms with E-state index in [-0.39, 0.29) is 5.54 Å². The summed E-state index contributed by atoms with van der Waals surface area (Å²) in [5, 5.41) is 3.19. The number of nitroso groups, excluding NO2 is 1. The summed E-state index contributed by atoms with van der Waals surface area (Å²) in [4.78, 5) is 13.4. The van der Waals surface area contributed by atoms with Crippen LogP contribution in [0.25, 0.3) is 5.57 Å². The molecule has 3 nitrogen and oxygen atoms in total. The summed E-state index contributed by atoms with van der Waals surface area (Å²) in [5.74, 6) is 0. The maximum Gasteiger partial charge on any atom is 0.113 e. The normalized spacial score (nSPS) is 20.2. The van der Waals surface area contributed by atoms with Crippen LogP contribution in [0.15, 0.2) is 23.4 Å². The average molecular weight is 242 g/mol. The van der Waals surface area contributed by atoms with Crippen molar-refractivity contribution in [1.82, 2.24) is 0 Å². The number of anilines is 1. The van der Waals surface area contributed by atoms with Crippen molar-refractivity contribution in [2.45, 2.75) is 39.2 Å². The lowest BCUT2D eigenvalue weighted by Gasteiger charge is -2.46. The highest BCUT2D eigenvalue weighted by Crippen LogP contribution is 2.46. The SMILES string of the molecule is CC1=CC(C)(C)N2CCCc3c(N=O)ccc1c32. The molecule has 0 atom stereocenters. The Hall–Kier alpha value is -1.64. The highest BCUT2D eigenvalue weighted by molar-refractivity contribution is 5.86. The summed E-state index contributed by atoms with van der Waals surface area (Å²) in [5.41, 5.74) is 5.57. The first-order chi connectivity index (χ1) is 8.54. The summed E-state index contributed by atoms with van der Waals surface area (Å²) in [6.45, 7) is 7.67. The van der Waals surface area contributed by atoms with E-state index in [2.05, 4.69) is 36.9 Å². The first kappa shape index (κ1) is 11.5. The maximum atomic E-state index is 11.0. The predicted octanol–water partition coefficient (Wildman–Crippen LogP) is 4.03. The lowest BCUT2D eigenvalue weighted by atomic mass is 9.83. The van der Waals surface area contributed by atoms with Crippen LogP contribution in [0.1, 0.15) is 38.3 Å². The molecule has 0 unspecified atom stereocenters. The summed E-state index contributed by atoms with van der Waals surface area (Å²) in [6, 6.07) is 3.90. The molecular weight excluding hydrogens is 224 g/mol. The standard InChI is InChI=1S/C15H18N2O/c1-10-9-15(2,3)17-8-4-5-12-13(16-18)7-6-11(10)14(12)17/h6-7,9H,4-5,8H2,1-3H3. The van der Waals surface area contributed by atoms with Crippen LogP contribution in [0.3, 0.4) is 0 Å². The monoisotopic (exact) mass is 242 g/mol. The first-order valence-corrected chi connectivity index (χ1v) is 6.51. The van der Waals surface area contributed by atoms with Crippen molar-refractivity contribution in [1.29, 1.82) is 0 Å². The van der Waals surface area contributed by atoms with E-state index in [1.165, 1.54) is 16.8 Å². The van der Waals surface area contributed by atoms with Gasteiger partial charge in [-0.15, -0.1) is 4.91 Å². The zero-order valence-corrected chi connectivity index (χ0v) is 11.2. The van der Waals surface area contributed by atoms with Gasteiger partial charge in [0.2, 0.25) is 0 Å². The minimum absolute atomic E-state index is 0.0216. The Morgan fingerprint density at radius 3 is 2.83 bits per heavy atom. The average Bonchev–Trinajstić information content (AvgIpc) is 2.34. The summed E-state index contributed by atoms with van der Waals surface area (Å²) in [6.07, 6.45) is 4.37. The van der Waals surface area contributed by atoms with E-state index >= 15 is 0 Å². The van der Waals surface area contributed by atoms with Crippen LogP contribution in [0.4, 0.5) is 11.4 Å². The van der Waals surface area contributed by atoms with Crippen molar-refractivity contribution in [3.63, 3.8) is 0 Å². The number of nitrogens with zero attached hydrogens (tertiary/aromatic N) is 2. The minimum atomic E-state index is 0.0216. The number of rotatable bonds is 1. The molecule has 2 aliphatic rings. The molecule has 0 spiro atoms. The zero-order valence-electron chi connectivity index (χ0n) is 11.2. The summed E-state index contributed by atoms with van der Waals surface area (Å²) in [7, 11) is 0. The molecule has 1 aromatic carbocycles. The van der Waals surface area contributed by atoms with Gasteiger partial charge in [0.25, 0.3) is 0 Å². The fourth-order valence-corrected chi connectivity index (χ4v) is 3.37. The lowest BCUT2D eigenvalue weighted by Crippen LogP contribution is -2.47. The Bertz CT molecular complexity index is 558. The Kier molecular flexibility index (Phi) is 2.34. The van der Waals surface area contributed by atoms with Crippen LogP contribution >= 0.6 is 0 Å². The van der Waals surface area contributed by atoms with Crippen LogP contribution in [0.2, 0.25) is 0 Å². The van der Waals surface area contributed by atoms with Gasteiger partial charge in [-0.2, -0.15) is 0 Å². The van der Waals surface area contributed by atoms with Gasteiger partial charge in [-0.3, -0.25) is 0 Å². The van der Waals surface area contributed by atoms with E-state index in [1.807, 2.05) is 12.1 Å². The van der Waals surface area contributed by atoms with E-state index in [4.69, 9.17) is 0 Å². The zero-order chi connectivity index (χ0) is 12.9. The third kappa shape index (κ3) is 1.43. The molecule has 0 bridgehead atoms. The van der Waals surface area contributed by atoms with Gasteiger partial charge in [-0.1, -0.05) is 12.1 Å². The molecule has 0 saturated carbocycles. The molecular formula is C15H18N2O. The van der Waals surface area contributed by atoms with Crippen LogP contribution in [0, 0.1) is 4.91 Å². The minimum Gasteiger partial charge on any atom is -0.362 e. The second-order valence-electron chi connectivity index (χ2n) is 5.79. The van der Waals surface area contributed by atoms with Crippen molar-refractivity contribution in [3.8, 4) is 0 Å². The van der Waals surface area contributed by atoms with Gasteiger partial charge in [-0.05, 0) is 50.4 Å². The van der Waals surface area contributed by atoms with Gasteiger partial charge in [0.05, 0.1) is 11.2 Å². The molecule has 0 N–H and O–H groups in total. The number of allylic oxidation sites excluding steroid dienone is 1. The smallest absolute Gasteiger partial charge is 0.113 e. The number of hydrogen-bond donors (Lipinski definition) is 0. The summed E-state index contributed by atoms with van der Waals surface area (Å²) >= 11 is 0. The molecule has 94 valence electrons. The molecule has 2 heterocycles. The fraction of sp³-hybridized carbons (Fsp3) is 0.467. The van der Waals surface area contributed by atoms with E-state index < -0.39 is 0 Å². The molecule has 0 fully saturated rings. The van der Waals surface area contributed by atoms with Crippen LogP contribution in [-0.4, -0.2) is 12.1 Å². The van der Waals surface area contributed by atoms with Crippen molar-refractivity contribution in [2.75, 3.05) is 11.4 Å². The van der Waals surface area contributed by atoms with Crippen LogP contribution < -0.4 is 4.90 Å². The lowest BCUT2D eigenvalue weighted by molar-refractivity contribution is 0.526. The van der Waals surface area contributed by atoms with Gasteiger partial charge in [0, 0.05) is 17.7 Å². The van der Waals surface area contributed by atoms with Gasteiger partial charge >= 0.3 is 0 Å². The Balaban J connectivity index is 2.32. The molecule has 2 aliphatic heterocycles. The van der Waals surface area contributed by atoms with Gasteiger partial charge in [-0.25, -0.2) is 0 Å². The molecule has 0 aliphatic carbocycles. The largest absolute Gasteiger partial charge is 0.362 e. The topological polar surface area (TPSA) is 32.7 Å². The van der Waals surface area contributed by atoms with Crippen molar-refractivity contribution in [3.05, 3.63) is 34.2 Å². The van der Waals surface area contributed by atoms with Gasteiger partial charge in [0.15, 0.2) is 0 Å². The second-order valence-corrected chi connectivity index (χ2v) is 5.79. The second kappa shape index (κ2) is 3.67. The quantitative estimate of drug-likeness (QED) is 0.696. The van der Waals surface area contributed by atoms with Crippen molar-refractivity contribution in [2.24, 2.45) is 5.18 Å². The fourth-order valence-electron chi connectivity index (χ4n) is 3.37. The molecule has 3 rings (SSSR count). The summed E-state index contributed by atoms with van der Waals surface area (Å²) < 4.78 is 0. The molecule has 0 aromatic heterocycles. The Labute approximate surface area is 107 Å². The van der Waals surface area contributed by atoms with E-state index in [0.29, 0.717) is 5.69 Å². The number of benzene rings is 1. The third-order valence-electron chi connectivity index (χ3n) is 4.13. The maximum absolute atomic E-state index is 11.0. The molecule has 3 heteroatoms. The highest BCUT2D eigenvalue weighted by Gasteiger charge is 2.35. The molecule has 0 radical (unpaired) electrons. The molecule has 0 amide bonds. The number of hydrogen-bond acceptors (Lipinski definition) is 3. The first-order valence-electron chi connectivity index (χ1n) is 6.51. The third-order valence-corrected chi connectivity index (χ3v) is 4.13. The molecule has 18 heavy (non-hydrogen) atoms. The predicted molar refractivity (Wildman–Crippen MR) is 75.3 cm³/mol. The molecule has 1 aromatic rings. The van der Waals surface area contributed by atoms with E-state index in [9.17, 15) is 4.91 Å². The van der Waals surface area contributed by atoms with Crippen molar-refractivity contribution < 1.29 is 0 Å². The Morgan fingerprint density at radius 2 is 2.11 bits per heavy atom.